The van der Waals surface area contributed by atoms with Crippen LogP contribution in [0.1, 0.15) is 22.3 Å². The Morgan fingerprint density at radius 2 is 2.44 bits per heavy atom. The summed E-state index contributed by atoms with van der Waals surface area (Å²) >= 11 is 0. The third kappa shape index (κ3) is 3.82. The normalized spacial score (nSPS) is 19.5. The fourth-order valence-corrected chi connectivity index (χ4v) is 2.04. The number of nitrogens with one attached hydrogen (secondary N) is 2. The standard InChI is InChI=1S/C14H20N2O2/c1-11-3-2-4-12(9-11)14(17)16-6-5-13-10-15-7-8-18-13/h2-4,9,13,15H,5-8,10H2,1H3,(H,16,17). The fourth-order valence-electron chi connectivity index (χ4n) is 2.04. The zero-order valence-electron chi connectivity index (χ0n) is 10.7. The predicted octanol–water partition coefficient (Wildman–Crippen LogP) is 1.10. The summed E-state index contributed by atoms with van der Waals surface area (Å²) in [5, 5.41) is 6.20. The van der Waals surface area contributed by atoms with E-state index in [1.807, 2.05) is 31.2 Å². The Morgan fingerprint density at radius 3 is 3.17 bits per heavy atom. The molecule has 4 heteroatoms. The Bertz CT molecular complexity index is 401. The van der Waals surface area contributed by atoms with Gasteiger partial charge in [-0.2, -0.15) is 0 Å². The zero-order chi connectivity index (χ0) is 12.8. The van der Waals surface area contributed by atoms with Crippen molar-refractivity contribution in [1.29, 1.82) is 0 Å². The van der Waals surface area contributed by atoms with Gasteiger partial charge in [-0.15, -0.1) is 0 Å². The second-order valence-electron chi connectivity index (χ2n) is 4.61. The second-order valence-corrected chi connectivity index (χ2v) is 4.61. The summed E-state index contributed by atoms with van der Waals surface area (Å²) in [6, 6.07) is 7.62. The third-order valence-corrected chi connectivity index (χ3v) is 3.04. The van der Waals surface area contributed by atoms with Crippen LogP contribution >= 0.6 is 0 Å². The first-order valence-electron chi connectivity index (χ1n) is 6.43. The van der Waals surface area contributed by atoms with E-state index in [1.165, 1.54) is 0 Å². The van der Waals surface area contributed by atoms with Gasteiger partial charge in [-0.1, -0.05) is 17.7 Å². The number of amides is 1. The molecule has 1 atom stereocenters. The molecular weight excluding hydrogens is 228 g/mol. The highest BCUT2D eigenvalue weighted by Crippen LogP contribution is 2.04. The average Bonchev–Trinajstić information content (AvgIpc) is 2.40. The molecule has 4 nitrogen and oxygen atoms in total. The van der Waals surface area contributed by atoms with Crippen LogP contribution in [-0.2, 0) is 4.74 Å². The van der Waals surface area contributed by atoms with Crippen LogP contribution < -0.4 is 10.6 Å². The number of ether oxygens (including phenoxy) is 1. The van der Waals surface area contributed by atoms with Crippen LogP contribution in [0.2, 0.25) is 0 Å². The Labute approximate surface area is 108 Å². The van der Waals surface area contributed by atoms with E-state index in [-0.39, 0.29) is 12.0 Å². The lowest BCUT2D eigenvalue weighted by molar-refractivity contribution is 0.0239. The molecule has 0 aromatic heterocycles. The van der Waals surface area contributed by atoms with E-state index >= 15 is 0 Å². The van der Waals surface area contributed by atoms with Crippen molar-refractivity contribution in [3.05, 3.63) is 35.4 Å². The monoisotopic (exact) mass is 248 g/mol. The van der Waals surface area contributed by atoms with Crippen LogP contribution in [-0.4, -0.2) is 38.3 Å². The van der Waals surface area contributed by atoms with E-state index in [2.05, 4.69) is 10.6 Å². The van der Waals surface area contributed by atoms with Gasteiger partial charge in [0.15, 0.2) is 0 Å². The molecule has 2 rings (SSSR count). The number of aryl methyl sites for hydroxylation is 1. The van der Waals surface area contributed by atoms with Crippen LogP contribution in [0.15, 0.2) is 24.3 Å². The first-order chi connectivity index (χ1) is 8.75. The molecular formula is C14H20N2O2. The Morgan fingerprint density at radius 1 is 1.56 bits per heavy atom. The van der Waals surface area contributed by atoms with E-state index in [0.717, 1.165) is 37.2 Å². The lowest BCUT2D eigenvalue weighted by Crippen LogP contribution is -2.40. The number of hydrogen-bond donors (Lipinski definition) is 2. The van der Waals surface area contributed by atoms with Gasteiger partial charge in [-0.05, 0) is 25.5 Å². The molecule has 0 aliphatic carbocycles. The minimum Gasteiger partial charge on any atom is -0.376 e. The summed E-state index contributed by atoms with van der Waals surface area (Å²) < 4.78 is 5.57. The summed E-state index contributed by atoms with van der Waals surface area (Å²) in [5.41, 5.74) is 1.82. The van der Waals surface area contributed by atoms with Gasteiger partial charge in [0, 0.05) is 25.2 Å². The van der Waals surface area contributed by atoms with Crippen molar-refractivity contribution in [3.63, 3.8) is 0 Å². The van der Waals surface area contributed by atoms with Gasteiger partial charge in [0.1, 0.15) is 0 Å². The van der Waals surface area contributed by atoms with Crippen LogP contribution in [0.5, 0.6) is 0 Å². The topological polar surface area (TPSA) is 50.4 Å². The van der Waals surface area contributed by atoms with Crippen molar-refractivity contribution in [2.24, 2.45) is 0 Å². The SMILES string of the molecule is Cc1cccc(C(=O)NCCC2CNCCO2)c1. The Hall–Kier alpha value is -1.39. The van der Waals surface area contributed by atoms with Crippen molar-refractivity contribution in [2.75, 3.05) is 26.2 Å². The molecule has 1 aromatic rings. The molecule has 1 fully saturated rings. The summed E-state index contributed by atoms with van der Waals surface area (Å²) in [7, 11) is 0. The van der Waals surface area contributed by atoms with Crippen molar-refractivity contribution in [2.45, 2.75) is 19.4 Å². The maximum absolute atomic E-state index is 11.9. The Kier molecular flexibility index (Phi) is 4.73. The molecule has 1 aromatic carbocycles. The number of rotatable bonds is 4. The molecule has 0 bridgehead atoms. The second kappa shape index (κ2) is 6.52. The van der Waals surface area contributed by atoms with Gasteiger partial charge < -0.3 is 15.4 Å². The minimum absolute atomic E-state index is 0.0116. The maximum Gasteiger partial charge on any atom is 0.251 e. The van der Waals surface area contributed by atoms with E-state index in [0.29, 0.717) is 6.54 Å². The van der Waals surface area contributed by atoms with Crippen molar-refractivity contribution < 1.29 is 9.53 Å². The van der Waals surface area contributed by atoms with Gasteiger partial charge in [0.05, 0.1) is 12.7 Å². The number of benzene rings is 1. The lowest BCUT2D eigenvalue weighted by atomic mass is 10.1. The van der Waals surface area contributed by atoms with E-state index in [4.69, 9.17) is 4.74 Å². The van der Waals surface area contributed by atoms with Gasteiger partial charge in [-0.3, -0.25) is 4.79 Å². The number of carbonyl (C=O) groups excluding carboxylic acids is 1. The van der Waals surface area contributed by atoms with Gasteiger partial charge in [0.2, 0.25) is 0 Å². The molecule has 1 saturated heterocycles. The van der Waals surface area contributed by atoms with Crippen molar-refractivity contribution in [1.82, 2.24) is 10.6 Å². The number of morpholine rings is 1. The van der Waals surface area contributed by atoms with Crippen LogP contribution in [0.25, 0.3) is 0 Å². The molecule has 0 radical (unpaired) electrons. The Balaban J connectivity index is 1.74. The summed E-state index contributed by atoms with van der Waals surface area (Å²) in [4.78, 5) is 11.9. The molecule has 1 heterocycles. The highest BCUT2D eigenvalue weighted by atomic mass is 16.5. The molecule has 1 aliphatic rings. The molecule has 2 N–H and O–H groups in total. The molecule has 1 aliphatic heterocycles. The third-order valence-electron chi connectivity index (χ3n) is 3.04. The van der Waals surface area contributed by atoms with Crippen molar-refractivity contribution >= 4 is 5.91 Å². The molecule has 1 amide bonds. The number of hydrogen-bond acceptors (Lipinski definition) is 3. The highest BCUT2D eigenvalue weighted by Gasteiger charge is 2.13. The first kappa shape index (κ1) is 13.1. The minimum atomic E-state index is -0.0116. The fraction of sp³-hybridized carbons (Fsp3) is 0.500. The predicted molar refractivity (Wildman–Crippen MR) is 70.7 cm³/mol. The summed E-state index contributed by atoms with van der Waals surface area (Å²) in [6.07, 6.45) is 1.07. The molecule has 0 spiro atoms. The quantitative estimate of drug-likeness (QED) is 0.839. The molecule has 0 saturated carbocycles. The van der Waals surface area contributed by atoms with Crippen LogP contribution in [0, 0.1) is 6.92 Å². The maximum atomic E-state index is 11.9. The first-order valence-corrected chi connectivity index (χ1v) is 6.43. The van der Waals surface area contributed by atoms with Crippen molar-refractivity contribution in [3.8, 4) is 0 Å². The molecule has 18 heavy (non-hydrogen) atoms. The largest absolute Gasteiger partial charge is 0.376 e. The number of carbonyl (C=O) groups is 1. The van der Waals surface area contributed by atoms with E-state index < -0.39 is 0 Å². The average molecular weight is 248 g/mol. The summed E-state index contributed by atoms with van der Waals surface area (Å²) in [6.45, 7) is 5.19. The van der Waals surface area contributed by atoms with E-state index in [1.54, 1.807) is 0 Å². The van der Waals surface area contributed by atoms with Crippen LogP contribution in [0.4, 0.5) is 0 Å². The van der Waals surface area contributed by atoms with Gasteiger partial charge in [0.25, 0.3) is 5.91 Å². The highest BCUT2D eigenvalue weighted by molar-refractivity contribution is 5.94. The van der Waals surface area contributed by atoms with Crippen LogP contribution in [0.3, 0.4) is 0 Å². The summed E-state index contributed by atoms with van der Waals surface area (Å²) in [5.74, 6) is -0.0116. The van der Waals surface area contributed by atoms with Gasteiger partial charge in [-0.25, -0.2) is 0 Å². The molecule has 1 unspecified atom stereocenters. The van der Waals surface area contributed by atoms with E-state index in [9.17, 15) is 4.79 Å². The molecule has 98 valence electrons. The smallest absolute Gasteiger partial charge is 0.251 e. The zero-order valence-corrected chi connectivity index (χ0v) is 10.7. The lowest BCUT2D eigenvalue weighted by Gasteiger charge is -2.23. The van der Waals surface area contributed by atoms with Gasteiger partial charge >= 0.3 is 0 Å².